The highest BCUT2D eigenvalue weighted by molar-refractivity contribution is 7.83. The van der Waals surface area contributed by atoms with Gasteiger partial charge in [0, 0.05) is 36.7 Å². The van der Waals surface area contributed by atoms with Crippen LogP contribution in [0.1, 0.15) is 0 Å². The van der Waals surface area contributed by atoms with E-state index in [0.717, 1.165) is 0 Å². The maximum Gasteiger partial charge on any atom is 0.183 e. The fourth-order valence-corrected chi connectivity index (χ4v) is 0. The molecule has 0 amide bonds. The van der Waals surface area contributed by atoms with Crippen molar-refractivity contribution in [1.29, 1.82) is 0 Å². The SMILES string of the molecule is COS(C)=O.CO[Si](C)(C)C.CS(C)=O. The fourth-order valence-electron chi connectivity index (χ4n) is 0. The van der Waals surface area contributed by atoms with Crippen molar-refractivity contribution in [3.63, 3.8) is 0 Å². The van der Waals surface area contributed by atoms with Gasteiger partial charge in [0.15, 0.2) is 19.4 Å². The normalized spacial score (nSPS) is 12.1. The van der Waals surface area contributed by atoms with Crippen LogP contribution in [0.25, 0.3) is 0 Å². The molecule has 0 saturated carbocycles. The fraction of sp³-hybridized carbons (Fsp3) is 1.00. The van der Waals surface area contributed by atoms with E-state index in [0.29, 0.717) is 0 Å². The summed E-state index contributed by atoms with van der Waals surface area (Å²) >= 11 is -1.07. The second-order valence-corrected chi connectivity index (χ2v) is 10.9. The standard InChI is InChI=1S/C4H12OSi.C2H6O2S.C2H6OS/c1-5-6(2,3)4;1-4-5(2)3;1-4(2)3/h1-4H3;1-2H3;1-2H3. The summed E-state index contributed by atoms with van der Waals surface area (Å²) in [6.07, 6.45) is 4.75. The van der Waals surface area contributed by atoms with Crippen molar-refractivity contribution in [3.8, 4) is 0 Å². The van der Waals surface area contributed by atoms with Crippen LogP contribution in [0.5, 0.6) is 0 Å². The average Bonchev–Trinajstić information content (AvgIpc) is 2.03. The van der Waals surface area contributed by atoms with E-state index in [1.807, 2.05) is 0 Å². The summed E-state index contributed by atoms with van der Waals surface area (Å²) in [7, 11) is 1.43. The van der Waals surface area contributed by atoms with Crippen LogP contribution in [0.4, 0.5) is 0 Å². The molecular weight excluding hydrogens is 252 g/mol. The molecule has 7 heteroatoms. The molecule has 4 nitrogen and oxygen atoms in total. The topological polar surface area (TPSA) is 52.6 Å². The van der Waals surface area contributed by atoms with Crippen LogP contribution in [0, 0.1) is 0 Å². The van der Waals surface area contributed by atoms with Crippen molar-refractivity contribution in [2.45, 2.75) is 19.6 Å². The van der Waals surface area contributed by atoms with E-state index in [1.54, 1.807) is 19.6 Å². The molecule has 0 aliphatic carbocycles. The Balaban J connectivity index is -0.000000147. The zero-order valence-electron chi connectivity index (χ0n) is 10.9. The minimum Gasteiger partial charge on any atom is -0.421 e. The van der Waals surface area contributed by atoms with Gasteiger partial charge in [-0.1, -0.05) is 0 Å². The molecule has 0 aromatic heterocycles. The van der Waals surface area contributed by atoms with Crippen molar-refractivity contribution in [1.82, 2.24) is 0 Å². The van der Waals surface area contributed by atoms with Crippen LogP contribution in [0.15, 0.2) is 0 Å². The number of hydrogen-bond acceptors (Lipinski definition) is 4. The Bertz CT molecular complexity index is 176. The van der Waals surface area contributed by atoms with Gasteiger partial charge in [-0.2, -0.15) is 0 Å². The summed E-state index contributed by atoms with van der Waals surface area (Å²) in [5, 5.41) is 0. The molecule has 0 heterocycles. The van der Waals surface area contributed by atoms with E-state index in [-0.39, 0.29) is 0 Å². The van der Waals surface area contributed by atoms with Crippen molar-refractivity contribution in [2.24, 2.45) is 0 Å². The number of hydrogen-bond donors (Lipinski definition) is 0. The van der Waals surface area contributed by atoms with Gasteiger partial charge < -0.3 is 4.43 Å². The molecule has 0 saturated heterocycles. The van der Waals surface area contributed by atoms with E-state index < -0.39 is 30.2 Å². The lowest BCUT2D eigenvalue weighted by atomic mass is 11.8. The Kier molecular flexibility index (Phi) is 17.3. The van der Waals surface area contributed by atoms with Gasteiger partial charge in [0.25, 0.3) is 0 Å². The van der Waals surface area contributed by atoms with Crippen LogP contribution in [0.3, 0.4) is 0 Å². The van der Waals surface area contributed by atoms with Crippen molar-refractivity contribution in [3.05, 3.63) is 0 Å². The second-order valence-electron chi connectivity index (χ2n) is 3.63. The van der Waals surface area contributed by atoms with E-state index >= 15 is 0 Å². The first-order chi connectivity index (χ1) is 6.56. The van der Waals surface area contributed by atoms with Crippen LogP contribution < -0.4 is 0 Å². The monoisotopic (exact) mass is 276 g/mol. The highest BCUT2D eigenvalue weighted by Crippen LogP contribution is 1.97. The first-order valence-electron chi connectivity index (χ1n) is 4.25. The average molecular weight is 276 g/mol. The molecule has 0 aromatic carbocycles. The third-order valence-electron chi connectivity index (χ3n) is 0.847. The highest BCUT2D eigenvalue weighted by Gasteiger charge is 2.09. The first-order valence-corrected chi connectivity index (χ1v) is 11.1. The molecule has 0 fully saturated rings. The zero-order valence-corrected chi connectivity index (χ0v) is 13.6. The molecule has 96 valence electrons. The molecule has 0 aromatic rings. The summed E-state index contributed by atoms with van der Waals surface area (Å²) in [4.78, 5) is 0. The summed E-state index contributed by atoms with van der Waals surface area (Å²) < 4.78 is 28.6. The van der Waals surface area contributed by atoms with Gasteiger partial charge in [-0.05, 0) is 19.6 Å². The van der Waals surface area contributed by atoms with Crippen LogP contribution in [0.2, 0.25) is 19.6 Å². The quantitative estimate of drug-likeness (QED) is 0.715. The van der Waals surface area contributed by atoms with Gasteiger partial charge in [-0.3, -0.25) is 8.39 Å². The molecule has 1 atom stereocenters. The lowest BCUT2D eigenvalue weighted by Gasteiger charge is -2.10. The number of rotatable bonds is 2. The second kappa shape index (κ2) is 12.5. The molecule has 0 bridgehead atoms. The predicted octanol–water partition coefficient (Wildman–Crippen LogP) is 1.39. The van der Waals surface area contributed by atoms with Crippen LogP contribution in [-0.4, -0.2) is 49.7 Å². The first kappa shape index (κ1) is 20.8. The van der Waals surface area contributed by atoms with E-state index in [2.05, 4.69) is 23.8 Å². The molecule has 0 N–H and O–H groups in total. The molecule has 0 aliphatic rings. The Morgan fingerprint density at radius 1 is 0.933 bits per heavy atom. The molecule has 0 aliphatic heterocycles. The molecule has 0 rings (SSSR count). The Morgan fingerprint density at radius 2 is 1.07 bits per heavy atom. The third kappa shape index (κ3) is 75.5. The highest BCUT2D eigenvalue weighted by atomic mass is 32.2. The molecule has 0 spiro atoms. The molecule has 15 heavy (non-hydrogen) atoms. The lowest BCUT2D eigenvalue weighted by molar-refractivity contribution is 0.411. The van der Waals surface area contributed by atoms with Gasteiger partial charge in [-0.25, -0.2) is 4.21 Å². The zero-order chi connectivity index (χ0) is 13.1. The van der Waals surface area contributed by atoms with Crippen molar-refractivity contribution >= 4 is 30.2 Å². The van der Waals surface area contributed by atoms with Crippen molar-refractivity contribution < 1.29 is 17.0 Å². The molecular formula is C8H24O4S2Si. The maximum absolute atomic E-state index is 9.70. The largest absolute Gasteiger partial charge is 0.421 e. The Labute approximate surface area is 100.0 Å². The lowest BCUT2D eigenvalue weighted by Crippen LogP contribution is -2.22. The Morgan fingerprint density at radius 3 is 1.07 bits per heavy atom. The predicted molar refractivity (Wildman–Crippen MR) is 71.4 cm³/mol. The molecule has 0 radical (unpaired) electrons. The van der Waals surface area contributed by atoms with E-state index in [1.165, 1.54) is 13.4 Å². The minimum atomic E-state index is -1.13. The molecule has 1 unspecified atom stereocenters. The summed E-state index contributed by atoms with van der Waals surface area (Å²) in [6, 6.07) is 0. The van der Waals surface area contributed by atoms with Gasteiger partial charge in [-0.15, -0.1) is 0 Å². The van der Waals surface area contributed by atoms with Gasteiger partial charge in [0.2, 0.25) is 0 Å². The minimum absolute atomic E-state index is 0.611. The summed E-state index contributed by atoms with van der Waals surface area (Å²) in [6.45, 7) is 6.48. The van der Waals surface area contributed by atoms with Gasteiger partial charge >= 0.3 is 0 Å². The van der Waals surface area contributed by atoms with Crippen molar-refractivity contribution in [2.75, 3.05) is 33.0 Å². The maximum atomic E-state index is 9.70. The van der Waals surface area contributed by atoms with E-state index in [4.69, 9.17) is 4.43 Å². The van der Waals surface area contributed by atoms with Crippen LogP contribution >= 0.6 is 0 Å². The van der Waals surface area contributed by atoms with Crippen LogP contribution in [-0.2, 0) is 30.5 Å². The summed E-state index contributed by atoms with van der Waals surface area (Å²) in [5.74, 6) is 0. The van der Waals surface area contributed by atoms with E-state index in [9.17, 15) is 8.42 Å². The smallest absolute Gasteiger partial charge is 0.183 e. The summed E-state index contributed by atoms with van der Waals surface area (Å²) in [5.41, 5.74) is 0. The van der Waals surface area contributed by atoms with Gasteiger partial charge in [0.1, 0.15) is 0 Å². The van der Waals surface area contributed by atoms with Gasteiger partial charge in [0.05, 0.1) is 7.11 Å². The Hall–Kier alpha value is 0.437. The third-order valence-corrected chi connectivity index (χ3v) is 2.54.